The zero-order chi connectivity index (χ0) is 21.1. The van der Waals surface area contributed by atoms with E-state index in [0.29, 0.717) is 0 Å². The van der Waals surface area contributed by atoms with Gasteiger partial charge in [-0.1, -0.05) is 12.1 Å². The van der Waals surface area contributed by atoms with Crippen molar-refractivity contribution in [2.24, 2.45) is 0 Å². The van der Waals surface area contributed by atoms with Crippen LogP contribution in [0.5, 0.6) is 0 Å². The van der Waals surface area contributed by atoms with E-state index in [1.54, 1.807) is 0 Å². The lowest BCUT2D eigenvalue weighted by molar-refractivity contribution is -0.384. The van der Waals surface area contributed by atoms with Gasteiger partial charge in [-0.3, -0.25) is 14.9 Å². The summed E-state index contributed by atoms with van der Waals surface area (Å²) in [5.74, 6) is -2.05. The minimum Gasteiger partial charge on any atom is -0.449 e. The van der Waals surface area contributed by atoms with Gasteiger partial charge in [0, 0.05) is 12.1 Å². The van der Waals surface area contributed by atoms with Gasteiger partial charge >= 0.3 is 12.1 Å². The quantitative estimate of drug-likeness (QED) is 0.345. The lowest BCUT2D eigenvalue weighted by Gasteiger charge is -2.17. The topological polar surface area (TPSA) is 125 Å². The number of nitrogen functional groups attached to an aromatic ring is 1. The van der Waals surface area contributed by atoms with Gasteiger partial charge in [0.1, 0.15) is 0 Å². The Labute approximate surface area is 156 Å². The molecule has 2 aromatic rings. The third-order valence-electron chi connectivity index (χ3n) is 3.61. The fraction of sp³-hybridized carbons (Fsp3) is 0.176. The van der Waals surface area contributed by atoms with Crippen LogP contribution in [0.25, 0.3) is 0 Å². The molecule has 3 N–H and O–H groups in total. The summed E-state index contributed by atoms with van der Waals surface area (Å²) < 4.78 is 43.8. The predicted octanol–water partition coefficient (Wildman–Crippen LogP) is 3.38. The van der Waals surface area contributed by atoms with Crippen molar-refractivity contribution in [3.05, 3.63) is 63.7 Å². The Morgan fingerprint density at radius 2 is 1.86 bits per heavy atom. The van der Waals surface area contributed by atoms with Crippen molar-refractivity contribution in [3.8, 4) is 0 Å². The maximum absolute atomic E-state index is 13.0. The molecule has 1 atom stereocenters. The van der Waals surface area contributed by atoms with Crippen LogP contribution in [0, 0.1) is 10.1 Å². The standard InChI is InChI=1S/C17H14F3N3O5/c1-9(15(24)22-14-5-3-2-4-12(14)17(18,19)20)28-16(25)11-7-6-10(23(26)27)8-13(11)21/h2-9H,21H2,1H3,(H,22,24)/t9-/m0/s1. The molecule has 0 spiro atoms. The number of halogens is 3. The number of nitrogens with two attached hydrogens (primary N) is 1. The van der Waals surface area contributed by atoms with Crippen LogP contribution in [-0.4, -0.2) is 22.9 Å². The fourth-order valence-corrected chi connectivity index (χ4v) is 2.20. The number of non-ortho nitro benzene ring substituents is 1. The number of amides is 1. The lowest BCUT2D eigenvalue weighted by Crippen LogP contribution is -2.31. The molecule has 148 valence electrons. The van der Waals surface area contributed by atoms with Crippen molar-refractivity contribution in [1.29, 1.82) is 0 Å². The van der Waals surface area contributed by atoms with Gasteiger partial charge in [0.25, 0.3) is 11.6 Å². The van der Waals surface area contributed by atoms with Gasteiger partial charge < -0.3 is 15.8 Å². The Hall–Kier alpha value is -3.63. The van der Waals surface area contributed by atoms with Crippen molar-refractivity contribution in [3.63, 3.8) is 0 Å². The zero-order valence-electron chi connectivity index (χ0n) is 14.3. The second-order valence-corrected chi connectivity index (χ2v) is 5.61. The monoisotopic (exact) mass is 397 g/mol. The first-order chi connectivity index (χ1) is 13.0. The number of ether oxygens (including phenoxy) is 1. The number of nitrogens with one attached hydrogen (secondary N) is 1. The molecule has 0 radical (unpaired) electrons. The summed E-state index contributed by atoms with van der Waals surface area (Å²) in [7, 11) is 0. The molecule has 0 bridgehead atoms. The smallest absolute Gasteiger partial charge is 0.418 e. The zero-order valence-corrected chi connectivity index (χ0v) is 14.3. The van der Waals surface area contributed by atoms with Crippen LogP contribution in [0.4, 0.5) is 30.2 Å². The minimum atomic E-state index is -4.68. The molecule has 0 saturated carbocycles. The molecule has 0 aliphatic heterocycles. The molecule has 2 rings (SSSR count). The van der Waals surface area contributed by atoms with E-state index >= 15 is 0 Å². The van der Waals surface area contributed by atoms with Crippen LogP contribution < -0.4 is 11.1 Å². The van der Waals surface area contributed by atoms with Crippen molar-refractivity contribution in [2.75, 3.05) is 11.1 Å². The van der Waals surface area contributed by atoms with Gasteiger partial charge in [0.05, 0.1) is 27.4 Å². The molecular formula is C17H14F3N3O5. The van der Waals surface area contributed by atoms with E-state index in [1.807, 2.05) is 0 Å². The number of esters is 1. The highest BCUT2D eigenvalue weighted by atomic mass is 19.4. The van der Waals surface area contributed by atoms with E-state index in [0.717, 1.165) is 37.3 Å². The maximum atomic E-state index is 13.0. The molecule has 0 fully saturated rings. The number of nitro groups is 1. The number of benzene rings is 2. The number of carbonyl (C=O) groups is 2. The van der Waals surface area contributed by atoms with Gasteiger partial charge in [-0.2, -0.15) is 13.2 Å². The number of alkyl halides is 3. The van der Waals surface area contributed by atoms with E-state index in [9.17, 15) is 32.9 Å². The number of para-hydroxylation sites is 1. The van der Waals surface area contributed by atoms with Crippen LogP contribution in [0.3, 0.4) is 0 Å². The molecule has 0 aliphatic carbocycles. The lowest BCUT2D eigenvalue weighted by atomic mass is 10.1. The van der Waals surface area contributed by atoms with Crippen LogP contribution in [0.2, 0.25) is 0 Å². The highest BCUT2D eigenvalue weighted by molar-refractivity contribution is 6.00. The van der Waals surface area contributed by atoms with Crippen LogP contribution in [0.15, 0.2) is 42.5 Å². The summed E-state index contributed by atoms with van der Waals surface area (Å²) in [5, 5.41) is 12.7. The number of carbonyl (C=O) groups excluding carboxylic acids is 2. The molecule has 8 nitrogen and oxygen atoms in total. The Bertz CT molecular complexity index is 930. The van der Waals surface area contributed by atoms with Gasteiger partial charge in [-0.25, -0.2) is 4.79 Å². The van der Waals surface area contributed by atoms with Gasteiger partial charge in [0.15, 0.2) is 6.10 Å². The van der Waals surface area contributed by atoms with Crippen molar-refractivity contribution >= 4 is 28.9 Å². The Kier molecular flexibility index (Phi) is 5.87. The molecule has 11 heteroatoms. The second-order valence-electron chi connectivity index (χ2n) is 5.61. The average molecular weight is 397 g/mol. The largest absolute Gasteiger partial charge is 0.449 e. The first-order valence-corrected chi connectivity index (χ1v) is 7.72. The van der Waals surface area contributed by atoms with Gasteiger partial charge in [-0.05, 0) is 25.1 Å². The molecule has 0 aromatic heterocycles. The third kappa shape index (κ3) is 4.75. The average Bonchev–Trinajstić information content (AvgIpc) is 2.60. The summed E-state index contributed by atoms with van der Waals surface area (Å²) >= 11 is 0. The summed E-state index contributed by atoms with van der Waals surface area (Å²) in [6, 6.07) is 7.35. The number of hydrogen-bond donors (Lipinski definition) is 2. The van der Waals surface area contributed by atoms with E-state index in [-0.39, 0.29) is 16.9 Å². The molecule has 1 amide bonds. The summed E-state index contributed by atoms with van der Waals surface area (Å²) in [5.41, 5.74) is 3.22. The van der Waals surface area contributed by atoms with Crippen molar-refractivity contribution in [2.45, 2.75) is 19.2 Å². The minimum absolute atomic E-state index is 0.221. The molecule has 2 aromatic carbocycles. The predicted molar refractivity (Wildman–Crippen MR) is 92.5 cm³/mol. The van der Waals surface area contributed by atoms with Gasteiger partial charge in [-0.15, -0.1) is 0 Å². The highest BCUT2D eigenvalue weighted by Crippen LogP contribution is 2.34. The Balaban J connectivity index is 2.11. The first-order valence-electron chi connectivity index (χ1n) is 7.72. The highest BCUT2D eigenvalue weighted by Gasteiger charge is 2.34. The number of anilines is 2. The summed E-state index contributed by atoms with van der Waals surface area (Å²) in [4.78, 5) is 34.2. The van der Waals surface area contributed by atoms with Crippen LogP contribution >= 0.6 is 0 Å². The number of rotatable bonds is 5. The Morgan fingerprint density at radius 3 is 2.43 bits per heavy atom. The summed E-state index contributed by atoms with van der Waals surface area (Å²) in [6.45, 7) is 1.16. The third-order valence-corrected chi connectivity index (χ3v) is 3.61. The normalized spacial score (nSPS) is 12.1. The van der Waals surface area contributed by atoms with Crippen molar-refractivity contribution in [1.82, 2.24) is 0 Å². The number of hydrogen-bond acceptors (Lipinski definition) is 6. The van der Waals surface area contributed by atoms with Crippen LogP contribution in [-0.2, 0) is 15.7 Å². The first kappa shape index (κ1) is 20.7. The molecule has 28 heavy (non-hydrogen) atoms. The molecule has 0 saturated heterocycles. The van der Waals surface area contributed by atoms with Crippen molar-refractivity contribution < 1.29 is 32.4 Å². The van der Waals surface area contributed by atoms with Gasteiger partial charge in [0.2, 0.25) is 0 Å². The Morgan fingerprint density at radius 1 is 1.21 bits per heavy atom. The molecule has 0 heterocycles. The van der Waals surface area contributed by atoms with E-state index < -0.39 is 40.3 Å². The SMILES string of the molecule is C[C@H](OC(=O)c1ccc([N+](=O)[O-])cc1N)C(=O)Nc1ccccc1C(F)(F)F. The molecule has 0 aliphatic rings. The summed E-state index contributed by atoms with van der Waals surface area (Å²) in [6.07, 6.45) is -6.14. The van der Waals surface area contributed by atoms with E-state index in [4.69, 9.17) is 10.5 Å². The number of nitro benzene ring substituents is 1. The van der Waals surface area contributed by atoms with E-state index in [1.165, 1.54) is 12.1 Å². The second kappa shape index (κ2) is 7.94. The molecule has 0 unspecified atom stereocenters. The fourth-order valence-electron chi connectivity index (χ4n) is 2.20. The van der Waals surface area contributed by atoms with E-state index in [2.05, 4.69) is 5.32 Å². The van der Waals surface area contributed by atoms with Crippen LogP contribution in [0.1, 0.15) is 22.8 Å². The molecular weight excluding hydrogens is 383 g/mol. The number of nitrogens with zero attached hydrogens (tertiary/aromatic N) is 1. The maximum Gasteiger partial charge on any atom is 0.418 e.